The summed E-state index contributed by atoms with van der Waals surface area (Å²) in [5, 5.41) is 3.35. The number of aromatic nitrogens is 1. The molecular formula is C16H20N2S. The highest BCUT2D eigenvalue weighted by Crippen LogP contribution is 2.25. The summed E-state index contributed by atoms with van der Waals surface area (Å²) in [6, 6.07) is 10.5. The normalized spacial score (nSPS) is 20.6. The first-order valence-corrected chi connectivity index (χ1v) is 7.91. The molecule has 0 radical (unpaired) electrons. The Labute approximate surface area is 119 Å². The van der Waals surface area contributed by atoms with Gasteiger partial charge in [0.05, 0.1) is 5.69 Å². The Morgan fingerprint density at radius 3 is 2.95 bits per heavy atom. The van der Waals surface area contributed by atoms with E-state index in [1.165, 1.54) is 37.2 Å². The van der Waals surface area contributed by atoms with Gasteiger partial charge >= 0.3 is 0 Å². The summed E-state index contributed by atoms with van der Waals surface area (Å²) < 4.78 is 0. The molecule has 3 rings (SSSR count). The second-order valence-electron chi connectivity index (χ2n) is 5.49. The maximum Gasteiger partial charge on any atom is 0.123 e. The predicted molar refractivity (Wildman–Crippen MR) is 81.2 cm³/mol. The Morgan fingerprint density at radius 2 is 2.16 bits per heavy atom. The molecule has 1 atom stereocenters. The van der Waals surface area contributed by atoms with Crippen molar-refractivity contribution < 1.29 is 0 Å². The third-order valence-electron chi connectivity index (χ3n) is 3.70. The van der Waals surface area contributed by atoms with Gasteiger partial charge in [0, 0.05) is 24.0 Å². The lowest BCUT2D eigenvalue weighted by atomic mass is 10.0. The van der Waals surface area contributed by atoms with Crippen LogP contribution in [-0.4, -0.2) is 23.0 Å². The minimum atomic E-state index is 0.834. The number of rotatable bonds is 3. The average Bonchev–Trinajstić information content (AvgIpc) is 2.88. The van der Waals surface area contributed by atoms with Gasteiger partial charge in [0.2, 0.25) is 0 Å². The topological polar surface area (TPSA) is 16.1 Å². The van der Waals surface area contributed by atoms with Gasteiger partial charge < -0.3 is 0 Å². The summed E-state index contributed by atoms with van der Waals surface area (Å²) in [4.78, 5) is 7.32. The highest BCUT2D eigenvalue weighted by Gasteiger charge is 2.17. The number of likely N-dealkylation sites (tertiary alicyclic amines) is 1. The van der Waals surface area contributed by atoms with E-state index in [1.54, 1.807) is 11.3 Å². The zero-order valence-electron chi connectivity index (χ0n) is 11.4. The third kappa shape index (κ3) is 3.23. The summed E-state index contributed by atoms with van der Waals surface area (Å²) in [6.45, 7) is 5.80. The standard InChI is InChI=1S/C16H20N2S/c1-13-6-5-9-18(10-13)11-15-12-19-16(17-15)14-7-3-2-4-8-14/h2-4,7-8,12-13H,5-6,9-11H2,1H3. The molecule has 2 aromatic rings. The fourth-order valence-electron chi connectivity index (χ4n) is 2.75. The van der Waals surface area contributed by atoms with E-state index >= 15 is 0 Å². The monoisotopic (exact) mass is 272 g/mol. The average molecular weight is 272 g/mol. The molecule has 0 amide bonds. The van der Waals surface area contributed by atoms with Crippen LogP contribution >= 0.6 is 11.3 Å². The number of hydrogen-bond acceptors (Lipinski definition) is 3. The van der Waals surface area contributed by atoms with Gasteiger partial charge in [-0.25, -0.2) is 4.98 Å². The quantitative estimate of drug-likeness (QED) is 0.838. The largest absolute Gasteiger partial charge is 0.297 e. The maximum atomic E-state index is 4.78. The third-order valence-corrected chi connectivity index (χ3v) is 4.64. The number of piperidine rings is 1. The molecule has 1 aromatic carbocycles. The lowest BCUT2D eigenvalue weighted by Crippen LogP contribution is -2.33. The Bertz CT molecular complexity index is 521. The van der Waals surface area contributed by atoms with Gasteiger partial charge in [0.15, 0.2) is 0 Å². The van der Waals surface area contributed by atoms with Crippen LogP contribution in [0.4, 0.5) is 0 Å². The van der Waals surface area contributed by atoms with Gasteiger partial charge in [0.1, 0.15) is 5.01 Å². The zero-order chi connectivity index (χ0) is 13.1. The van der Waals surface area contributed by atoms with E-state index in [4.69, 9.17) is 4.98 Å². The summed E-state index contributed by atoms with van der Waals surface area (Å²) >= 11 is 1.75. The molecule has 2 heterocycles. The van der Waals surface area contributed by atoms with Crippen molar-refractivity contribution in [2.75, 3.05) is 13.1 Å². The van der Waals surface area contributed by atoms with E-state index in [0.29, 0.717) is 0 Å². The fraction of sp³-hybridized carbons (Fsp3) is 0.438. The molecule has 100 valence electrons. The summed E-state index contributed by atoms with van der Waals surface area (Å²) in [5.41, 5.74) is 2.45. The second kappa shape index (κ2) is 5.85. The van der Waals surface area contributed by atoms with Crippen LogP contribution in [0.5, 0.6) is 0 Å². The fourth-order valence-corrected chi connectivity index (χ4v) is 3.57. The Morgan fingerprint density at radius 1 is 1.32 bits per heavy atom. The molecule has 1 fully saturated rings. The second-order valence-corrected chi connectivity index (χ2v) is 6.35. The van der Waals surface area contributed by atoms with Crippen molar-refractivity contribution in [1.29, 1.82) is 0 Å². The zero-order valence-corrected chi connectivity index (χ0v) is 12.2. The molecule has 0 spiro atoms. The van der Waals surface area contributed by atoms with Crippen LogP contribution in [0.3, 0.4) is 0 Å². The molecule has 0 saturated carbocycles. The van der Waals surface area contributed by atoms with Crippen molar-refractivity contribution >= 4 is 11.3 Å². The van der Waals surface area contributed by atoms with Crippen molar-refractivity contribution in [2.45, 2.75) is 26.3 Å². The van der Waals surface area contributed by atoms with E-state index in [9.17, 15) is 0 Å². The molecule has 1 saturated heterocycles. The molecule has 19 heavy (non-hydrogen) atoms. The highest BCUT2D eigenvalue weighted by atomic mass is 32.1. The molecule has 0 aliphatic carbocycles. The lowest BCUT2D eigenvalue weighted by molar-refractivity contribution is 0.175. The van der Waals surface area contributed by atoms with Crippen molar-refractivity contribution in [3.63, 3.8) is 0 Å². The minimum Gasteiger partial charge on any atom is -0.297 e. The van der Waals surface area contributed by atoms with E-state index in [-0.39, 0.29) is 0 Å². The van der Waals surface area contributed by atoms with Crippen LogP contribution < -0.4 is 0 Å². The Kier molecular flexibility index (Phi) is 3.95. The van der Waals surface area contributed by atoms with E-state index in [0.717, 1.165) is 17.5 Å². The molecule has 2 nitrogen and oxygen atoms in total. The molecule has 0 bridgehead atoms. The van der Waals surface area contributed by atoms with Crippen LogP contribution in [0.25, 0.3) is 10.6 Å². The maximum absolute atomic E-state index is 4.78. The summed E-state index contributed by atoms with van der Waals surface area (Å²) in [7, 11) is 0. The van der Waals surface area contributed by atoms with Crippen molar-refractivity contribution in [1.82, 2.24) is 9.88 Å². The predicted octanol–water partition coefficient (Wildman–Crippen LogP) is 4.04. The number of nitrogens with zero attached hydrogens (tertiary/aromatic N) is 2. The van der Waals surface area contributed by atoms with Crippen molar-refractivity contribution in [3.05, 3.63) is 41.4 Å². The highest BCUT2D eigenvalue weighted by molar-refractivity contribution is 7.13. The van der Waals surface area contributed by atoms with Crippen molar-refractivity contribution in [3.8, 4) is 10.6 Å². The molecule has 1 unspecified atom stereocenters. The summed E-state index contributed by atoms with van der Waals surface area (Å²) in [5.74, 6) is 0.834. The molecule has 1 aliphatic heterocycles. The van der Waals surface area contributed by atoms with Crippen LogP contribution in [0.2, 0.25) is 0 Å². The van der Waals surface area contributed by atoms with Gasteiger partial charge in [-0.1, -0.05) is 37.3 Å². The van der Waals surface area contributed by atoms with Crippen LogP contribution in [-0.2, 0) is 6.54 Å². The van der Waals surface area contributed by atoms with Crippen LogP contribution in [0.15, 0.2) is 35.7 Å². The SMILES string of the molecule is CC1CCCN(Cc2csc(-c3ccccc3)n2)C1. The number of benzene rings is 1. The van der Waals surface area contributed by atoms with Crippen molar-refractivity contribution in [2.24, 2.45) is 5.92 Å². The first-order chi connectivity index (χ1) is 9.31. The Hall–Kier alpha value is -1.19. The molecule has 0 N–H and O–H groups in total. The number of thiazole rings is 1. The van der Waals surface area contributed by atoms with Crippen LogP contribution in [0, 0.1) is 5.92 Å². The molecule has 1 aliphatic rings. The van der Waals surface area contributed by atoms with Gasteiger partial charge in [-0.2, -0.15) is 0 Å². The van der Waals surface area contributed by atoms with E-state index in [2.05, 4.69) is 41.5 Å². The lowest BCUT2D eigenvalue weighted by Gasteiger charge is -2.30. The molecule has 1 aromatic heterocycles. The van der Waals surface area contributed by atoms with E-state index in [1.807, 2.05) is 6.07 Å². The summed E-state index contributed by atoms with van der Waals surface area (Å²) in [6.07, 6.45) is 2.71. The first kappa shape index (κ1) is 12.8. The van der Waals surface area contributed by atoms with E-state index < -0.39 is 0 Å². The van der Waals surface area contributed by atoms with Crippen LogP contribution in [0.1, 0.15) is 25.5 Å². The van der Waals surface area contributed by atoms with Gasteiger partial charge in [-0.05, 0) is 25.3 Å². The van der Waals surface area contributed by atoms with Gasteiger partial charge in [-0.3, -0.25) is 4.90 Å². The molecular weight excluding hydrogens is 252 g/mol. The van der Waals surface area contributed by atoms with Gasteiger partial charge in [-0.15, -0.1) is 11.3 Å². The first-order valence-electron chi connectivity index (χ1n) is 7.03. The minimum absolute atomic E-state index is 0.834. The Balaban J connectivity index is 1.68. The number of hydrogen-bond donors (Lipinski definition) is 0. The smallest absolute Gasteiger partial charge is 0.123 e. The van der Waals surface area contributed by atoms with Gasteiger partial charge in [0.25, 0.3) is 0 Å². The molecule has 3 heteroatoms.